The van der Waals surface area contributed by atoms with Crippen molar-refractivity contribution in [3.63, 3.8) is 0 Å². The lowest BCUT2D eigenvalue weighted by Crippen LogP contribution is -2.61. The van der Waals surface area contributed by atoms with Crippen LogP contribution < -0.4 is 21.7 Å². The Hall–Kier alpha value is -3.78. The number of hydrogen-bond acceptors (Lipinski definition) is 8. The minimum Gasteiger partial charge on any atom is -0.480 e. The summed E-state index contributed by atoms with van der Waals surface area (Å²) in [5.74, 6) is -3.91. The molecule has 14 heteroatoms. The van der Waals surface area contributed by atoms with Crippen LogP contribution >= 0.6 is 0 Å². The van der Waals surface area contributed by atoms with Crippen molar-refractivity contribution in [2.24, 2.45) is 11.7 Å². The SMILES string of the molecule is CC(C)C(NC(=O)C(N)Cc1cnc[nH]1)C(=O)NC(C(=O)NC(Cc1cnc[nH]1)C(=O)O)C(C)O. The Morgan fingerprint density at radius 3 is 1.86 bits per heavy atom. The van der Waals surface area contributed by atoms with E-state index in [4.69, 9.17) is 5.73 Å². The predicted octanol–water partition coefficient (Wildman–Crippen LogP) is -2.18. The van der Waals surface area contributed by atoms with E-state index in [1.165, 1.54) is 32.0 Å². The molecule has 5 atom stereocenters. The fourth-order valence-corrected chi connectivity index (χ4v) is 3.25. The Balaban J connectivity index is 2.05. The summed E-state index contributed by atoms with van der Waals surface area (Å²) in [6, 6.07) is -4.83. The van der Waals surface area contributed by atoms with E-state index in [1.54, 1.807) is 13.8 Å². The third-order valence-electron chi connectivity index (χ3n) is 5.23. The van der Waals surface area contributed by atoms with Crippen LogP contribution in [-0.4, -0.2) is 84.1 Å². The third-order valence-corrected chi connectivity index (χ3v) is 5.23. The molecule has 3 amide bonds. The number of aliphatic carboxylic acids is 1. The number of aromatic nitrogens is 4. The fourth-order valence-electron chi connectivity index (χ4n) is 3.25. The molecule has 0 saturated heterocycles. The third kappa shape index (κ3) is 8.19. The number of carbonyl (C=O) groups excluding carboxylic acids is 3. The van der Waals surface area contributed by atoms with Gasteiger partial charge in [-0.1, -0.05) is 13.8 Å². The normalized spacial score (nSPS) is 15.5. The number of aliphatic hydroxyl groups excluding tert-OH is 1. The molecule has 0 aliphatic rings. The van der Waals surface area contributed by atoms with Crippen LogP contribution in [0.5, 0.6) is 0 Å². The Morgan fingerprint density at radius 1 is 0.886 bits per heavy atom. The molecule has 0 radical (unpaired) electrons. The van der Waals surface area contributed by atoms with Gasteiger partial charge >= 0.3 is 5.97 Å². The monoisotopic (exact) mass is 492 g/mol. The standard InChI is InChI=1S/C21H32N8O6/c1-10(2)16(28-18(31)14(22)4-12-6-23-8-25-12)19(32)29-17(11(3)30)20(33)27-15(21(34)35)5-13-7-24-9-26-13/h6-11,14-17,30H,4-5,22H2,1-3H3,(H,23,25)(H,24,26)(H,27,33)(H,28,31)(H,29,32)(H,34,35). The largest absolute Gasteiger partial charge is 0.480 e. The molecule has 35 heavy (non-hydrogen) atoms. The van der Waals surface area contributed by atoms with Crippen molar-refractivity contribution in [1.29, 1.82) is 0 Å². The number of rotatable bonds is 13. The second-order valence-corrected chi connectivity index (χ2v) is 8.52. The van der Waals surface area contributed by atoms with Crippen LogP contribution in [-0.2, 0) is 32.0 Å². The van der Waals surface area contributed by atoms with Crippen molar-refractivity contribution >= 4 is 23.7 Å². The number of nitrogens with one attached hydrogen (secondary N) is 5. The lowest BCUT2D eigenvalue weighted by atomic mass is 10.0. The van der Waals surface area contributed by atoms with Crippen molar-refractivity contribution in [3.05, 3.63) is 36.4 Å². The average Bonchev–Trinajstić information content (AvgIpc) is 3.48. The summed E-state index contributed by atoms with van der Waals surface area (Å²) in [6.07, 6.45) is 4.51. The van der Waals surface area contributed by atoms with Gasteiger partial charge in [0.25, 0.3) is 0 Å². The van der Waals surface area contributed by atoms with E-state index in [-0.39, 0.29) is 18.8 Å². The van der Waals surface area contributed by atoms with E-state index in [1.807, 2.05) is 0 Å². The number of nitrogens with zero attached hydrogens (tertiary/aromatic N) is 2. The molecule has 14 nitrogen and oxygen atoms in total. The number of aromatic amines is 2. The maximum absolute atomic E-state index is 13.0. The van der Waals surface area contributed by atoms with E-state index in [0.29, 0.717) is 11.4 Å². The highest BCUT2D eigenvalue weighted by Gasteiger charge is 2.34. The smallest absolute Gasteiger partial charge is 0.326 e. The Labute approximate surface area is 201 Å². The molecule has 2 aromatic rings. The maximum Gasteiger partial charge on any atom is 0.326 e. The minimum atomic E-state index is -1.47. The van der Waals surface area contributed by atoms with Gasteiger partial charge in [-0.3, -0.25) is 14.4 Å². The Morgan fingerprint density at radius 2 is 1.40 bits per heavy atom. The van der Waals surface area contributed by atoms with Crippen molar-refractivity contribution in [2.45, 2.75) is 63.9 Å². The molecule has 0 bridgehead atoms. The first-order valence-corrected chi connectivity index (χ1v) is 11.0. The molecule has 2 rings (SSSR count). The summed E-state index contributed by atoms with van der Waals surface area (Å²) in [4.78, 5) is 63.1. The number of nitrogens with two attached hydrogens (primary N) is 1. The van der Waals surface area contributed by atoms with Crippen molar-refractivity contribution < 1.29 is 29.4 Å². The van der Waals surface area contributed by atoms with Gasteiger partial charge in [0.15, 0.2) is 0 Å². The molecule has 0 aliphatic carbocycles. The van der Waals surface area contributed by atoms with E-state index < -0.39 is 54.0 Å². The van der Waals surface area contributed by atoms with Crippen LogP contribution in [0.3, 0.4) is 0 Å². The maximum atomic E-state index is 13.0. The van der Waals surface area contributed by atoms with Crippen molar-refractivity contribution in [1.82, 2.24) is 35.9 Å². The topological polar surface area (TPSA) is 228 Å². The first kappa shape index (κ1) is 27.5. The van der Waals surface area contributed by atoms with Crippen LogP contribution in [0.2, 0.25) is 0 Å². The van der Waals surface area contributed by atoms with Crippen molar-refractivity contribution in [2.75, 3.05) is 0 Å². The predicted molar refractivity (Wildman–Crippen MR) is 123 cm³/mol. The number of H-pyrrole nitrogens is 2. The van der Waals surface area contributed by atoms with Crippen LogP contribution in [0.4, 0.5) is 0 Å². The number of imidazole rings is 2. The van der Waals surface area contributed by atoms with Gasteiger partial charge in [-0.25, -0.2) is 14.8 Å². The second kappa shape index (κ2) is 12.6. The zero-order chi connectivity index (χ0) is 26.1. The number of carbonyl (C=O) groups is 4. The molecule has 2 heterocycles. The molecule has 0 aliphatic heterocycles. The Bertz CT molecular complexity index is 976. The highest BCUT2D eigenvalue weighted by Crippen LogP contribution is 2.07. The highest BCUT2D eigenvalue weighted by molar-refractivity contribution is 5.94. The van der Waals surface area contributed by atoms with Gasteiger partial charge in [0.1, 0.15) is 18.1 Å². The summed E-state index contributed by atoms with van der Waals surface area (Å²) in [5, 5.41) is 26.9. The molecule has 0 spiro atoms. The molecular formula is C21H32N8O6. The number of carboxylic acids is 1. The zero-order valence-corrected chi connectivity index (χ0v) is 19.7. The van der Waals surface area contributed by atoms with Crippen LogP contribution in [0.15, 0.2) is 25.0 Å². The van der Waals surface area contributed by atoms with E-state index in [0.717, 1.165) is 0 Å². The van der Waals surface area contributed by atoms with E-state index in [9.17, 15) is 29.4 Å². The number of amides is 3. The second-order valence-electron chi connectivity index (χ2n) is 8.52. The summed E-state index contributed by atoms with van der Waals surface area (Å²) in [5.41, 5.74) is 7.06. The van der Waals surface area contributed by atoms with Crippen LogP contribution in [0.1, 0.15) is 32.2 Å². The highest BCUT2D eigenvalue weighted by atomic mass is 16.4. The van der Waals surface area contributed by atoms with Gasteiger partial charge < -0.3 is 41.9 Å². The molecule has 9 N–H and O–H groups in total. The molecular weight excluding hydrogens is 460 g/mol. The fraction of sp³-hybridized carbons (Fsp3) is 0.524. The summed E-state index contributed by atoms with van der Waals surface area (Å²) < 4.78 is 0. The molecule has 192 valence electrons. The lowest BCUT2D eigenvalue weighted by molar-refractivity contribution is -0.143. The lowest BCUT2D eigenvalue weighted by Gasteiger charge is -2.28. The van der Waals surface area contributed by atoms with Gasteiger partial charge in [-0.2, -0.15) is 0 Å². The summed E-state index contributed by atoms with van der Waals surface area (Å²) in [7, 11) is 0. The molecule has 0 saturated carbocycles. The average molecular weight is 493 g/mol. The van der Waals surface area contributed by atoms with Gasteiger partial charge in [-0.15, -0.1) is 0 Å². The first-order valence-electron chi connectivity index (χ1n) is 11.0. The van der Waals surface area contributed by atoms with Gasteiger partial charge in [0.2, 0.25) is 17.7 Å². The van der Waals surface area contributed by atoms with Crippen molar-refractivity contribution in [3.8, 4) is 0 Å². The molecule has 0 aromatic carbocycles. The molecule has 5 unspecified atom stereocenters. The van der Waals surface area contributed by atoms with Gasteiger partial charge in [0.05, 0.1) is 24.8 Å². The minimum absolute atomic E-state index is 0.0829. The summed E-state index contributed by atoms with van der Waals surface area (Å²) in [6.45, 7) is 4.65. The molecule has 0 fully saturated rings. The van der Waals surface area contributed by atoms with E-state index >= 15 is 0 Å². The van der Waals surface area contributed by atoms with Gasteiger partial charge in [-0.05, 0) is 12.8 Å². The number of aliphatic hydroxyl groups is 1. The quantitative estimate of drug-likeness (QED) is 0.152. The molecule has 2 aromatic heterocycles. The number of hydrogen-bond donors (Lipinski definition) is 8. The van der Waals surface area contributed by atoms with Crippen LogP contribution in [0, 0.1) is 5.92 Å². The number of carboxylic acid groups (broad SMARTS) is 1. The summed E-state index contributed by atoms with van der Waals surface area (Å²) >= 11 is 0. The van der Waals surface area contributed by atoms with Crippen LogP contribution in [0.25, 0.3) is 0 Å². The zero-order valence-electron chi connectivity index (χ0n) is 19.7. The van der Waals surface area contributed by atoms with Gasteiger partial charge in [0, 0.05) is 36.6 Å². The first-order chi connectivity index (χ1) is 16.5. The van der Waals surface area contributed by atoms with E-state index in [2.05, 4.69) is 35.9 Å². The Kier molecular flexibility index (Phi) is 9.90.